The molecular weight excluding hydrogens is 259 g/mol. The van der Waals surface area contributed by atoms with E-state index in [1.165, 1.54) is 12.1 Å². The Balaban J connectivity index is 2.32. The van der Waals surface area contributed by atoms with Crippen molar-refractivity contribution in [2.75, 3.05) is 20.2 Å². The number of carbonyl (C=O) groups excluding carboxylic acids is 1. The first-order valence-corrected chi connectivity index (χ1v) is 6.78. The molecule has 2 N–H and O–H groups in total. The monoisotopic (exact) mass is 282 g/mol. The molecule has 0 saturated heterocycles. The highest BCUT2D eigenvalue weighted by atomic mass is 19.1. The van der Waals surface area contributed by atoms with Crippen molar-refractivity contribution in [3.63, 3.8) is 0 Å². The number of carbonyl (C=O) groups is 1. The quantitative estimate of drug-likeness (QED) is 0.832. The molecule has 0 aromatic heterocycles. The lowest BCUT2D eigenvalue weighted by Crippen LogP contribution is -2.37. The molecule has 0 aliphatic carbocycles. The summed E-state index contributed by atoms with van der Waals surface area (Å²) >= 11 is 0. The summed E-state index contributed by atoms with van der Waals surface area (Å²) in [5, 5.41) is 0. The highest BCUT2D eigenvalue weighted by molar-refractivity contribution is 5.76. The molecule has 0 saturated carbocycles. The lowest BCUT2D eigenvalue weighted by atomic mass is 10.0. The number of halogens is 1. The van der Waals surface area contributed by atoms with Gasteiger partial charge in [0, 0.05) is 25.6 Å². The summed E-state index contributed by atoms with van der Waals surface area (Å²) in [6.07, 6.45) is 0.328. The average molecular weight is 282 g/mol. The third kappa shape index (κ3) is 5.57. The summed E-state index contributed by atoms with van der Waals surface area (Å²) in [4.78, 5) is 13.5. The van der Waals surface area contributed by atoms with Gasteiger partial charge in [0.05, 0.1) is 6.54 Å². The number of ether oxygens (including phenoxy) is 1. The minimum absolute atomic E-state index is 0.00552. The minimum Gasteiger partial charge on any atom is -0.492 e. The van der Waals surface area contributed by atoms with Crippen LogP contribution >= 0.6 is 0 Å². The number of hydrogen-bond acceptors (Lipinski definition) is 3. The molecule has 0 spiro atoms. The van der Waals surface area contributed by atoms with E-state index in [4.69, 9.17) is 10.5 Å². The van der Waals surface area contributed by atoms with Gasteiger partial charge in [-0.2, -0.15) is 0 Å². The Kier molecular flexibility index (Phi) is 6.45. The van der Waals surface area contributed by atoms with Crippen molar-refractivity contribution >= 4 is 5.91 Å². The highest BCUT2D eigenvalue weighted by Crippen LogP contribution is 2.11. The minimum atomic E-state index is -0.338. The van der Waals surface area contributed by atoms with Gasteiger partial charge in [0.1, 0.15) is 18.2 Å². The smallest absolute Gasteiger partial charge is 0.223 e. The molecular formula is C15H23FN2O2. The van der Waals surface area contributed by atoms with Crippen molar-refractivity contribution in [3.05, 3.63) is 30.1 Å². The number of likely N-dealkylation sites (N-methyl/N-ethyl adjacent to an activating group) is 1. The second kappa shape index (κ2) is 7.85. The van der Waals surface area contributed by atoms with E-state index in [1.807, 2.05) is 13.8 Å². The molecule has 112 valence electrons. The Morgan fingerprint density at radius 3 is 2.75 bits per heavy atom. The number of hydrogen-bond donors (Lipinski definition) is 1. The summed E-state index contributed by atoms with van der Waals surface area (Å²) in [6.45, 7) is 4.75. The molecule has 5 heteroatoms. The maximum atomic E-state index is 12.9. The Morgan fingerprint density at radius 1 is 1.45 bits per heavy atom. The second-order valence-electron chi connectivity index (χ2n) is 5.23. The van der Waals surface area contributed by atoms with Gasteiger partial charge in [-0.15, -0.1) is 0 Å². The van der Waals surface area contributed by atoms with Crippen LogP contribution in [0.1, 0.15) is 20.3 Å². The zero-order valence-corrected chi connectivity index (χ0v) is 12.3. The summed E-state index contributed by atoms with van der Waals surface area (Å²) < 4.78 is 18.3. The van der Waals surface area contributed by atoms with Gasteiger partial charge in [0.25, 0.3) is 0 Å². The lowest BCUT2D eigenvalue weighted by molar-refractivity contribution is -0.130. The summed E-state index contributed by atoms with van der Waals surface area (Å²) in [5.41, 5.74) is 5.87. The normalized spacial score (nSPS) is 12.3. The molecule has 1 unspecified atom stereocenters. The van der Waals surface area contributed by atoms with E-state index in [0.29, 0.717) is 25.3 Å². The maximum Gasteiger partial charge on any atom is 0.223 e. The van der Waals surface area contributed by atoms with Gasteiger partial charge in [-0.3, -0.25) is 4.79 Å². The van der Waals surface area contributed by atoms with Crippen LogP contribution in [0.4, 0.5) is 4.39 Å². The first-order valence-electron chi connectivity index (χ1n) is 6.78. The third-order valence-corrected chi connectivity index (χ3v) is 3.18. The van der Waals surface area contributed by atoms with Crippen LogP contribution in [-0.4, -0.2) is 37.0 Å². The topological polar surface area (TPSA) is 55.6 Å². The first-order chi connectivity index (χ1) is 9.40. The van der Waals surface area contributed by atoms with Gasteiger partial charge in [0.15, 0.2) is 0 Å². The number of nitrogens with two attached hydrogens (primary N) is 1. The van der Waals surface area contributed by atoms with Crippen LogP contribution in [0.25, 0.3) is 0 Å². The molecule has 0 aliphatic rings. The fourth-order valence-electron chi connectivity index (χ4n) is 1.58. The molecule has 0 fully saturated rings. The molecule has 4 nitrogen and oxygen atoms in total. The number of amides is 1. The van der Waals surface area contributed by atoms with Gasteiger partial charge in [-0.05, 0) is 18.1 Å². The van der Waals surface area contributed by atoms with Crippen LogP contribution in [0.5, 0.6) is 5.75 Å². The Hall–Kier alpha value is -1.62. The summed E-state index contributed by atoms with van der Waals surface area (Å²) in [6, 6.07) is 5.81. The van der Waals surface area contributed by atoms with E-state index >= 15 is 0 Å². The molecule has 1 atom stereocenters. The van der Waals surface area contributed by atoms with Gasteiger partial charge in [0.2, 0.25) is 5.91 Å². The average Bonchev–Trinajstić information content (AvgIpc) is 2.38. The Morgan fingerprint density at radius 2 is 2.15 bits per heavy atom. The standard InChI is InChI=1S/C15H23FN2O2/c1-11(2)14(17)10-15(19)18(3)7-8-20-13-6-4-5-12(16)9-13/h4-6,9,11,14H,7-8,10,17H2,1-3H3. The van der Waals surface area contributed by atoms with Gasteiger partial charge in [-0.1, -0.05) is 19.9 Å². The van der Waals surface area contributed by atoms with Gasteiger partial charge >= 0.3 is 0 Å². The second-order valence-corrected chi connectivity index (χ2v) is 5.23. The van der Waals surface area contributed by atoms with E-state index in [1.54, 1.807) is 24.1 Å². The fourth-order valence-corrected chi connectivity index (χ4v) is 1.58. The molecule has 1 rings (SSSR count). The third-order valence-electron chi connectivity index (χ3n) is 3.18. The zero-order chi connectivity index (χ0) is 15.1. The van der Waals surface area contributed by atoms with Crippen LogP contribution in [0.15, 0.2) is 24.3 Å². The van der Waals surface area contributed by atoms with Crippen molar-refractivity contribution in [1.29, 1.82) is 0 Å². The molecule has 1 amide bonds. The van der Waals surface area contributed by atoms with E-state index < -0.39 is 0 Å². The lowest BCUT2D eigenvalue weighted by Gasteiger charge is -2.21. The maximum absolute atomic E-state index is 12.9. The molecule has 0 bridgehead atoms. The van der Waals surface area contributed by atoms with Gasteiger partial charge in [-0.25, -0.2) is 4.39 Å². The van der Waals surface area contributed by atoms with E-state index in [-0.39, 0.29) is 23.7 Å². The zero-order valence-electron chi connectivity index (χ0n) is 12.3. The van der Waals surface area contributed by atoms with Crippen molar-refractivity contribution < 1.29 is 13.9 Å². The van der Waals surface area contributed by atoms with Crippen molar-refractivity contribution in [1.82, 2.24) is 4.90 Å². The molecule has 1 aromatic carbocycles. The van der Waals surface area contributed by atoms with Gasteiger partial charge < -0.3 is 15.4 Å². The predicted octanol–water partition coefficient (Wildman–Crippen LogP) is 2.04. The molecule has 0 aliphatic heterocycles. The Bertz CT molecular complexity index is 438. The highest BCUT2D eigenvalue weighted by Gasteiger charge is 2.16. The Labute approximate surface area is 119 Å². The SMILES string of the molecule is CC(C)C(N)CC(=O)N(C)CCOc1cccc(F)c1. The van der Waals surface area contributed by atoms with Crippen LogP contribution < -0.4 is 10.5 Å². The summed E-state index contributed by atoms with van der Waals surface area (Å²) in [7, 11) is 1.71. The van der Waals surface area contributed by atoms with Crippen molar-refractivity contribution in [2.45, 2.75) is 26.3 Å². The predicted molar refractivity (Wildman–Crippen MR) is 77.0 cm³/mol. The van der Waals surface area contributed by atoms with Crippen molar-refractivity contribution in [3.8, 4) is 5.75 Å². The van der Waals surface area contributed by atoms with Crippen molar-refractivity contribution in [2.24, 2.45) is 11.7 Å². The van der Waals surface area contributed by atoms with Crippen LogP contribution in [-0.2, 0) is 4.79 Å². The fraction of sp³-hybridized carbons (Fsp3) is 0.533. The summed E-state index contributed by atoms with van der Waals surface area (Å²) in [5.74, 6) is 0.393. The van der Waals surface area contributed by atoms with Crippen LogP contribution in [0.3, 0.4) is 0 Å². The largest absolute Gasteiger partial charge is 0.492 e. The van der Waals surface area contributed by atoms with Crippen LogP contribution in [0.2, 0.25) is 0 Å². The van der Waals surface area contributed by atoms with E-state index in [2.05, 4.69) is 0 Å². The molecule has 0 radical (unpaired) electrons. The van der Waals surface area contributed by atoms with E-state index in [9.17, 15) is 9.18 Å². The molecule has 20 heavy (non-hydrogen) atoms. The number of benzene rings is 1. The number of nitrogens with zero attached hydrogens (tertiary/aromatic N) is 1. The molecule has 0 heterocycles. The number of rotatable bonds is 7. The first kappa shape index (κ1) is 16.4. The molecule has 1 aromatic rings. The van der Waals surface area contributed by atoms with E-state index in [0.717, 1.165) is 0 Å². The van der Waals surface area contributed by atoms with Crippen LogP contribution in [0, 0.1) is 11.7 Å².